The van der Waals surface area contributed by atoms with Crippen LogP contribution in [0.25, 0.3) is 0 Å². The van der Waals surface area contributed by atoms with Gasteiger partial charge in [0.1, 0.15) is 0 Å². The van der Waals surface area contributed by atoms with Crippen LogP contribution >= 0.6 is 0 Å². The van der Waals surface area contributed by atoms with Gasteiger partial charge in [0.05, 0.1) is 5.66 Å². The van der Waals surface area contributed by atoms with E-state index in [-0.39, 0.29) is 5.66 Å². The Morgan fingerprint density at radius 2 is 1.44 bits per heavy atom. The third kappa shape index (κ3) is 4.06. The van der Waals surface area contributed by atoms with E-state index in [9.17, 15) is 0 Å². The molecule has 0 spiro atoms. The van der Waals surface area contributed by atoms with Crippen LogP contribution in [0, 0.1) is 0 Å². The van der Waals surface area contributed by atoms with E-state index in [1.807, 2.05) is 0 Å². The molecule has 0 aromatic rings. The summed E-state index contributed by atoms with van der Waals surface area (Å²) < 4.78 is 0. The largest absolute Gasteiger partial charge is 0.313 e. The lowest BCUT2D eigenvalue weighted by atomic mass is 9.88. The van der Waals surface area contributed by atoms with Crippen LogP contribution in [0.3, 0.4) is 0 Å². The van der Waals surface area contributed by atoms with Crippen LogP contribution in [-0.4, -0.2) is 23.7 Å². The highest BCUT2D eigenvalue weighted by atomic mass is 15.3. The molecule has 2 nitrogen and oxygen atoms in total. The Morgan fingerprint density at radius 3 is 1.88 bits per heavy atom. The fraction of sp³-hybridized carbons (Fsp3) is 1.00. The molecule has 1 saturated carbocycles. The zero-order valence-corrected chi connectivity index (χ0v) is 11.3. The van der Waals surface area contributed by atoms with Gasteiger partial charge in [0.25, 0.3) is 0 Å². The molecule has 0 bridgehead atoms. The summed E-state index contributed by atoms with van der Waals surface area (Å²) in [5.41, 5.74) is 6.64. The highest BCUT2D eigenvalue weighted by Crippen LogP contribution is 2.29. The number of hydrogen-bond acceptors (Lipinski definition) is 2. The van der Waals surface area contributed by atoms with Gasteiger partial charge < -0.3 is 5.73 Å². The van der Waals surface area contributed by atoms with Crippen LogP contribution in [0.15, 0.2) is 0 Å². The van der Waals surface area contributed by atoms with Crippen LogP contribution < -0.4 is 5.73 Å². The molecule has 0 saturated heterocycles. The molecule has 96 valence electrons. The van der Waals surface area contributed by atoms with Crippen LogP contribution in [0.5, 0.6) is 0 Å². The summed E-state index contributed by atoms with van der Waals surface area (Å²) in [5.74, 6) is 0. The standard InChI is InChI=1S/C14H30N2/c1-3-5-12-16(13-6-4-2)14(15)10-8-7-9-11-14/h3-13,15H2,1-2H3. The first-order chi connectivity index (χ1) is 7.73. The van der Waals surface area contributed by atoms with Crippen molar-refractivity contribution >= 4 is 0 Å². The maximum Gasteiger partial charge on any atom is 0.0687 e. The third-order valence-corrected chi connectivity index (χ3v) is 3.91. The molecular formula is C14H30N2. The zero-order valence-electron chi connectivity index (χ0n) is 11.3. The van der Waals surface area contributed by atoms with Gasteiger partial charge in [0.2, 0.25) is 0 Å². The Bertz CT molecular complexity index is 166. The van der Waals surface area contributed by atoms with E-state index in [0.29, 0.717) is 0 Å². The number of nitrogens with zero attached hydrogens (tertiary/aromatic N) is 1. The molecule has 1 aliphatic carbocycles. The normalized spacial score (nSPS) is 20.2. The third-order valence-electron chi connectivity index (χ3n) is 3.91. The molecule has 0 amide bonds. The van der Waals surface area contributed by atoms with Crippen molar-refractivity contribution in [3.05, 3.63) is 0 Å². The molecular weight excluding hydrogens is 196 g/mol. The fourth-order valence-electron chi connectivity index (χ4n) is 2.74. The van der Waals surface area contributed by atoms with E-state index >= 15 is 0 Å². The summed E-state index contributed by atoms with van der Waals surface area (Å²) in [4.78, 5) is 2.58. The molecule has 0 aromatic carbocycles. The second kappa shape index (κ2) is 7.29. The second-order valence-electron chi connectivity index (χ2n) is 5.36. The van der Waals surface area contributed by atoms with Crippen molar-refractivity contribution in [2.24, 2.45) is 5.73 Å². The Balaban J connectivity index is 2.50. The lowest BCUT2D eigenvalue weighted by molar-refractivity contribution is 0.0523. The SMILES string of the molecule is CCCCN(CCCC)C1(N)CCCCC1. The lowest BCUT2D eigenvalue weighted by Crippen LogP contribution is -2.57. The predicted octanol–water partition coefficient (Wildman–Crippen LogP) is 3.51. The molecule has 2 heteroatoms. The minimum absolute atomic E-state index is 0.0303. The van der Waals surface area contributed by atoms with E-state index < -0.39 is 0 Å². The molecule has 0 atom stereocenters. The van der Waals surface area contributed by atoms with Gasteiger partial charge in [0, 0.05) is 0 Å². The molecule has 16 heavy (non-hydrogen) atoms. The molecule has 1 aliphatic rings. The van der Waals surface area contributed by atoms with Crippen molar-refractivity contribution in [3.8, 4) is 0 Å². The van der Waals surface area contributed by atoms with Gasteiger partial charge in [-0.1, -0.05) is 46.0 Å². The van der Waals surface area contributed by atoms with Crippen LogP contribution in [0.4, 0.5) is 0 Å². The molecule has 2 N–H and O–H groups in total. The highest BCUT2D eigenvalue weighted by molar-refractivity contribution is 4.87. The van der Waals surface area contributed by atoms with Crippen LogP contribution in [-0.2, 0) is 0 Å². The molecule has 1 fully saturated rings. The maximum atomic E-state index is 6.61. The molecule has 0 unspecified atom stereocenters. The van der Waals surface area contributed by atoms with E-state index in [4.69, 9.17) is 5.73 Å². The number of hydrogen-bond donors (Lipinski definition) is 1. The van der Waals surface area contributed by atoms with Crippen molar-refractivity contribution in [2.75, 3.05) is 13.1 Å². The smallest absolute Gasteiger partial charge is 0.0687 e. The number of rotatable bonds is 7. The average molecular weight is 226 g/mol. The molecule has 0 aromatic heterocycles. The van der Waals surface area contributed by atoms with Gasteiger partial charge in [-0.3, -0.25) is 4.90 Å². The molecule has 0 heterocycles. The van der Waals surface area contributed by atoms with Gasteiger partial charge in [-0.2, -0.15) is 0 Å². The van der Waals surface area contributed by atoms with Crippen molar-refractivity contribution in [1.82, 2.24) is 4.90 Å². The highest BCUT2D eigenvalue weighted by Gasteiger charge is 2.32. The van der Waals surface area contributed by atoms with Crippen LogP contribution in [0.2, 0.25) is 0 Å². The van der Waals surface area contributed by atoms with Gasteiger partial charge in [-0.05, 0) is 38.8 Å². The van der Waals surface area contributed by atoms with Crippen molar-refractivity contribution in [3.63, 3.8) is 0 Å². The maximum absolute atomic E-state index is 6.61. The minimum Gasteiger partial charge on any atom is -0.313 e. The summed E-state index contributed by atoms with van der Waals surface area (Å²) in [6, 6.07) is 0. The summed E-state index contributed by atoms with van der Waals surface area (Å²) in [6.45, 7) is 6.93. The average Bonchev–Trinajstić information content (AvgIpc) is 2.30. The first-order valence-corrected chi connectivity index (χ1v) is 7.27. The zero-order chi connectivity index (χ0) is 11.9. The second-order valence-corrected chi connectivity index (χ2v) is 5.36. The first-order valence-electron chi connectivity index (χ1n) is 7.27. The van der Waals surface area contributed by atoms with E-state index in [0.717, 1.165) is 0 Å². The Labute approximate surface area is 102 Å². The van der Waals surface area contributed by atoms with Gasteiger partial charge in [-0.15, -0.1) is 0 Å². The Hall–Kier alpha value is -0.0800. The van der Waals surface area contributed by atoms with E-state index in [2.05, 4.69) is 18.7 Å². The van der Waals surface area contributed by atoms with Crippen molar-refractivity contribution in [2.45, 2.75) is 77.3 Å². The Morgan fingerprint density at radius 1 is 0.938 bits per heavy atom. The van der Waals surface area contributed by atoms with Crippen molar-refractivity contribution in [1.29, 1.82) is 0 Å². The predicted molar refractivity (Wildman–Crippen MR) is 71.4 cm³/mol. The summed E-state index contributed by atoms with van der Waals surface area (Å²) >= 11 is 0. The Kier molecular flexibility index (Phi) is 6.37. The van der Waals surface area contributed by atoms with Gasteiger partial charge in [-0.25, -0.2) is 0 Å². The quantitative estimate of drug-likeness (QED) is 0.673. The lowest BCUT2D eigenvalue weighted by Gasteiger charge is -2.44. The topological polar surface area (TPSA) is 29.3 Å². The number of nitrogens with two attached hydrogens (primary N) is 1. The molecule has 0 aliphatic heterocycles. The summed E-state index contributed by atoms with van der Waals surface area (Å²) in [6.07, 6.45) is 11.6. The van der Waals surface area contributed by atoms with Gasteiger partial charge >= 0.3 is 0 Å². The monoisotopic (exact) mass is 226 g/mol. The summed E-state index contributed by atoms with van der Waals surface area (Å²) in [5, 5.41) is 0. The minimum atomic E-state index is 0.0303. The van der Waals surface area contributed by atoms with E-state index in [1.165, 1.54) is 70.9 Å². The molecule has 0 radical (unpaired) electrons. The number of unbranched alkanes of at least 4 members (excludes halogenated alkanes) is 2. The first kappa shape index (κ1) is 14.0. The summed E-state index contributed by atoms with van der Waals surface area (Å²) in [7, 11) is 0. The molecule has 1 rings (SSSR count). The van der Waals surface area contributed by atoms with Crippen molar-refractivity contribution < 1.29 is 0 Å². The van der Waals surface area contributed by atoms with Gasteiger partial charge in [0.15, 0.2) is 0 Å². The van der Waals surface area contributed by atoms with Crippen LogP contribution in [0.1, 0.15) is 71.6 Å². The fourth-order valence-corrected chi connectivity index (χ4v) is 2.74. The van der Waals surface area contributed by atoms with E-state index in [1.54, 1.807) is 0 Å².